The highest BCUT2D eigenvalue weighted by Crippen LogP contribution is 2.38. The molecule has 1 aromatic carbocycles. The maximum Gasteiger partial charge on any atom is 0.329 e. The molecular weight excluding hydrogens is 498 g/mol. The second-order valence-electron chi connectivity index (χ2n) is 12.7. The molecule has 1 aliphatic carbocycles. The van der Waals surface area contributed by atoms with Gasteiger partial charge in [-0.3, -0.25) is 24.0 Å². The van der Waals surface area contributed by atoms with Gasteiger partial charge in [-0.25, -0.2) is 4.79 Å². The van der Waals surface area contributed by atoms with Gasteiger partial charge in [0.15, 0.2) is 8.32 Å². The van der Waals surface area contributed by atoms with Crippen molar-refractivity contribution >= 4 is 31.2 Å². The number of hydrogen-bond donors (Lipinski definition) is 1. The van der Waals surface area contributed by atoms with Gasteiger partial charge in [0.2, 0.25) is 11.8 Å². The van der Waals surface area contributed by atoms with E-state index in [0.717, 1.165) is 61.7 Å². The molecule has 0 radical (unpaired) electrons. The summed E-state index contributed by atoms with van der Waals surface area (Å²) in [5.41, 5.74) is 2.43. The number of hydrogen-bond acceptors (Lipinski definition) is 5. The molecule has 1 saturated heterocycles. The van der Waals surface area contributed by atoms with Crippen LogP contribution in [0.2, 0.25) is 18.1 Å². The van der Waals surface area contributed by atoms with Crippen LogP contribution in [0.5, 0.6) is 0 Å². The normalized spacial score (nSPS) is 23.2. The first-order chi connectivity index (χ1) is 17.9. The zero-order chi connectivity index (χ0) is 27.7. The minimum Gasteiger partial charge on any atom is -0.417 e. The van der Waals surface area contributed by atoms with Crippen LogP contribution in [0.1, 0.15) is 77.3 Å². The molecule has 210 valence electrons. The van der Waals surface area contributed by atoms with E-state index in [1.165, 1.54) is 0 Å². The topological polar surface area (TPSA) is 91.6 Å². The van der Waals surface area contributed by atoms with Gasteiger partial charge < -0.3 is 9.16 Å². The van der Waals surface area contributed by atoms with E-state index >= 15 is 0 Å². The average molecular weight is 544 g/mol. The molecule has 4 rings (SSSR count). The Balaban J connectivity index is 1.29. The lowest BCUT2D eigenvalue weighted by Crippen LogP contribution is -2.44. The molecule has 9 heteroatoms. The van der Waals surface area contributed by atoms with Gasteiger partial charge in [0, 0.05) is 26.7 Å². The van der Waals surface area contributed by atoms with Crippen molar-refractivity contribution in [1.82, 2.24) is 14.5 Å². The van der Waals surface area contributed by atoms with Crippen LogP contribution in [0.3, 0.4) is 0 Å². The highest BCUT2D eigenvalue weighted by atomic mass is 28.4. The SMILES string of the molecule is Cn1c(=O)n(C2CCC(=O)NC2=O)c2cccc(CCCO[C@H]3CC[C@H](CO[Si](C)(C)C(C)(C)C)CC3)c21. The van der Waals surface area contributed by atoms with Crippen molar-refractivity contribution in [2.45, 2.75) is 102 Å². The third kappa shape index (κ3) is 6.15. The molecule has 2 amide bonds. The highest BCUT2D eigenvalue weighted by Gasteiger charge is 2.38. The Labute approximate surface area is 227 Å². The van der Waals surface area contributed by atoms with E-state index in [2.05, 4.69) is 39.2 Å². The number of piperidine rings is 1. The predicted octanol–water partition coefficient (Wildman–Crippen LogP) is 4.85. The van der Waals surface area contributed by atoms with Crippen molar-refractivity contribution in [2.24, 2.45) is 13.0 Å². The number of aromatic nitrogens is 2. The molecule has 8 nitrogen and oxygen atoms in total. The Morgan fingerprint density at radius 3 is 2.42 bits per heavy atom. The van der Waals surface area contributed by atoms with Crippen LogP contribution in [0, 0.1) is 5.92 Å². The number of fused-ring (bicyclic) bond motifs is 1. The monoisotopic (exact) mass is 543 g/mol. The Bertz CT molecular complexity index is 1220. The van der Waals surface area contributed by atoms with E-state index in [-0.39, 0.29) is 23.1 Å². The van der Waals surface area contributed by atoms with Crippen molar-refractivity contribution in [1.29, 1.82) is 0 Å². The Morgan fingerprint density at radius 1 is 1.05 bits per heavy atom. The number of rotatable bonds is 9. The minimum absolute atomic E-state index is 0.229. The Morgan fingerprint density at radius 2 is 1.76 bits per heavy atom. The van der Waals surface area contributed by atoms with Gasteiger partial charge in [0.25, 0.3) is 0 Å². The van der Waals surface area contributed by atoms with Crippen LogP contribution in [0.4, 0.5) is 0 Å². The summed E-state index contributed by atoms with van der Waals surface area (Å²) in [4.78, 5) is 37.2. The quantitative estimate of drug-likeness (QED) is 0.277. The largest absolute Gasteiger partial charge is 0.417 e. The predicted molar refractivity (Wildman–Crippen MR) is 152 cm³/mol. The summed E-state index contributed by atoms with van der Waals surface area (Å²) in [7, 11) is 0.0569. The number of aryl methyl sites for hydroxylation is 2. The molecular formula is C29H45N3O5Si. The number of amides is 2. The lowest BCUT2D eigenvalue weighted by Gasteiger charge is -2.38. The fourth-order valence-electron chi connectivity index (χ4n) is 5.47. The van der Waals surface area contributed by atoms with Crippen LogP contribution in [-0.4, -0.2) is 48.6 Å². The molecule has 2 aromatic rings. The molecule has 1 saturated carbocycles. The zero-order valence-corrected chi connectivity index (χ0v) is 25.0. The first-order valence-corrected chi connectivity index (χ1v) is 17.1. The van der Waals surface area contributed by atoms with E-state index in [0.29, 0.717) is 25.0 Å². The molecule has 1 N–H and O–H groups in total. The van der Waals surface area contributed by atoms with Crippen LogP contribution in [0.15, 0.2) is 23.0 Å². The Hall–Kier alpha value is -2.23. The lowest BCUT2D eigenvalue weighted by molar-refractivity contribution is -0.135. The molecule has 1 atom stereocenters. The third-order valence-electron chi connectivity index (χ3n) is 8.93. The van der Waals surface area contributed by atoms with Crippen LogP contribution < -0.4 is 11.0 Å². The van der Waals surface area contributed by atoms with Gasteiger partial charge in [0.1, 0.15) is 6.04 Å². The summed E-state index contributed by atoms with van der Waals surface area (Å²) in [6.45, 7) is 13.1. The second-order valence-corrected chi connectivity index (χ2v) is 17.5. The van der Waals surface area contributed by atoms with Crippen molar-refractivity contribution < 1.29 is 18.8 Å². The van der Waals surface area contributed by atoms with Gasteiger partial charge >= 0.3 is 5.69 Å². The number of para-hydroxylation sites is 1. The molecule has 2 aliphatic rings. The second kappa shape index (κ2) is 11.5. The van der Waals surface area contributed by atoms with Gasteiger partial charge in [-0.15, -0.1) is 0 Å². The lowest BCUT2D eigenvalue weighted by atomic mass is 9.88. The first-order valence-electron chi connectivity index (χ1n) is 14.2. The summed E-state index contributed by atoms with van der Waals surface area (Å²) >= 11 is 0. The average Bonchev–Trinajstić information content (AvgIpc) is 3.11. The van der Waals surface area contributed by atoms with Gasteiger partial charge in [-0.05, 0) is 80.6 Å². The third-order valence-corrected chi connectivity index (χ3v) is 13.4. The molecule has 0 spiro atoms. The van der Waals surface area contributed by atoms with Crippen molar-refractivity contribution in [3.05, 3.63) is 34.2 Å². The van der Waals surface area contributed by atoms with Crippen LogP contribution >= 0.6 is 0 Å². The zero-order valence-electron chi connectivity index (χ0n) is 24.0. The highest BCUT2D eigenvalue weighted by molar-refractivity contribution is 6.74. The van der Waals surface area contributed by atoms with Crippen molar-refractivity contribution in [2.75, 3.05) is 13.2 Å². The summed E-state index contributed by atoms with van der Waals surface area (Å²) in [6.07, 6.45) is 7.05. The summed E-state index contributed by atoms with van der Waals surface area (Å²) in [5.74, 6) is -0.0552. The first kappa shape index (κ1) is 28.8. The van der Waals surface area contributed by atoms with E-state index < -0.39 is 20.3 Å². The van der Waals surface area contributed by atoms with E-state index in [1.54, 1.807) is 16.2 Å². The molecule has 1 aliphatic heterocycles. The maximum atomic E-state index is 13.1. The summed E-state index contributed by atoms with van der Waals surface area (Å²) in [6, 6.07) is 5.20. The number of imidazole rings is 1. The van der Waals surface area contributed by atoms with E-state index in [4.69, 9.17) is 9.16 Å². The number of imide groups is 1. The minimum atomic E-state index is -1.69. The smallest absolute Gasteiger partial charge is 0.329 e. The summed E-state index contributed by atoms with van der Waals surface area (Å²) in [5, 5.41) is 2.62. The fraction of sp³-hybridized carbons (Fsp3) is 0.690. The number of ether oxygens (including phenoxy) is 1. The van der Waals surface area contributed by atoms with Crippen molar-refractivity contribution in [3.63, 3.8) is 0 Å². The molecule has 1 unspecified atom stereocenters. The van der Waals surface area contributed by atoms with Crippen LogP contribution in [0.25, 0.3) is 11.0 Å². The Kier molecular flexibility index (Phi) is 8.69. The molecule has 38 heavy (non-hydrogen) atoms. The number of carbonyl (C=O) groups is 2. The number of carbonyl (C=O) groups excluding carboxylic acids is 2. The number of nitrogens with zero attached hydrogens (tertiary/aromatic N) is 2. The molecule has 2 heterocycles. The van der Waals surface area contributed by atoms with Gasteiger partial charge in [-0.1, -0.05) is 32.9 Å². The maximum absolute atomic E-state index is 13.1. The van der Waals surface area contributed by atoms with E-state index in [9.17, 15) is 14.4 Å². The van der Waals surface area contributed by atoms with Gasteiger partial charge in [-0.2, -0.15) is 0 Å². The van der Waals surface area contributed by atoms with E-state index in [1.807, 2.05) is 18.2 Å². The number of benzene rings is 1. The van der Waals surface area contributed by atoms with Crippen molar-refractivity contribution in [3.8, 4) is 0 Å². The fourth-order valence-corrected chi connectivity index (χ4v) is 6.56. The standard InChI is InChI=1S/C29H45N3O5Si/c1-29(2,3)38(5,6)37-19-20-12-14-22(15-13-20)36-18-8-10-21-9-7-11-23-26(21)31(4)28(35)32(23)24-16-17-25(33)30-27(24)34/h7,9,11,20,22,24H,8,10,12-19H2,1-6H3,(H,30,33,34)/t20-,22-,24?. The van der Waals surface area contributed by atoms with Crippen LogP contribution in [-0.2, 0) is 32.2 Å². The summed E-state index contributed by atoms with van der Waals surface area (Å²) < 4.78 is 15.9. The molecule has 2 fully saturated rings. The number of nitrogens with one attached hydrogen (secondary N) is 1. The molecule has 0 bridgehead atoms. The van der Waals surface area contributed by atoms with Gasteiger partial charge in [0.05, 0.1) is 17.1 Å². The molecule has 1 aromatic heterocycles.